The molecule has 0 fully saturated rings. The minimum Gasteiger partial charge on any atom is -0.474 e. The van der Waals surface area contributed by atoms with Crippen molar-refractivity contribution in [1.82, 2.24) is 10.2 Å². The van der Waals surface area contributed by atoms with Crippen LogP contribution in [0.3, 0.4) is 0 Å². The number of carbonyl (C=O) groups excluding carboxylic acids is 2. The van der Waals surface area contributed by atoms with E-state index in [9.17, 15) is 19.5 Å². The second kappa shape index (κ2) is 18.5. The van der Waals surface area contributed by atoms with E-state index in [1.807, 2.05) is 60.7 Å². The van der Waals surface area contributed by atoms with Crippen LogP contribution in [0.4, 0.5) is 0 Å². The van der Waals surface area contributed by atoms with Gasteiger partial charge in [0.25, 0.3) is 5.91 Å². The normalized spacial score (nSPS) is 10.9. The molecule has 0 unspecified atom stereocenters. The maximum absolute atomic E-state index is 12.8. The molecule has 0 aromatic heterocycles. The molecule has 224 valence electrons. The molecule has 0 radical (unpaired) electrons. The molecule has 6 nitrogen and oxygen atoms in total. The lowest BCUT2D eigenvalue weighted by molar-refractivity contribution is -0.156. The zero-order valence-corrected chi connectivity index (χ0v) is 25.0. The van der Waals surface area contributed by atoms with Gasteiger partial charge in [-0.3, -0.25) is 9.59 Å². The molecule has 0 saturated heterocycles. The third-order valence-corrected chi connectivity index (χ3v) is 7.68. The highest BCUT2D eigenvalue weighted by atomic mass is 16.4. The summed E-state index contributed by atoms with van der Waals surface area (Å²) in [5, 5.41) is 12.6. The van der Waals surface area contributed by atoms with Gasteiger partial charge in [-0.15, -0.1) is 0 Å². The van der Waals surface area contributed by atoms with Gasteiger partial charge in [0.05, 0.1) is 0 Å². The zero-order valence-electron chi connectivity index (χ0n) is 25.0. The third-order valence-electron chi connectivity index (χ3n) is 7.68. The van der Waals surface area contributed by atoms with E-state index in [4.69, 9.17) is 0 Å². The number of nitrogens with zero attached hydrogens (tertiary/aromatic N) is 1. The molecule has 0 saturated carbocycles. The van der Waals surface area contributed by atoms with Crippen molar-refractivity contribution < 1.29 is 19.5 Å². The summed E-state index contributed by atoms with van der Waals surface area (Å²) in [7, 11) is 0. The Hall–Kier alpha value is -3.93. The molecule has 6 heteroatoms. The summed E-state index contributed by atoms with van der Waals surface area (Å²) in [6, 6.07) is 26.6. The topological polar surface area (TPSA) is 86.7 Å². The van der Waals surface area contributed by atoms with Crippen molar-refractivity contribution in [3.63, 3.8) is 0 Å². The summed E-state index contributed by atoms with van der Waals surface area (Å²) in [6.45, 7) is 3.23. The summed E-state index contributed by atoms with van der Waals surface area (Å²) >= 11 is 0. The van der Waals surface area contributed by atoms with Crippen molar-refractivity contribution in [1.29, 1.82) is 0 Å². The fourth-order valence-electron chi connectivity index (χ4n) is 5.25. The molecule has 2 amide bonds. The van der Waals surface area contributed by atoms with Gasteiger partial charge in [-0.2, -0.15) is 0 Å². The predicted octanol–water partition coefficient (Wildman–Crippen LogP) is 7.58. The fourth-order valence-corrected chi connectivity index (χ4v) is 5.25. The first-order valence-electron chi connectivity index (χ1n) is 15.5. The van der Waals surface area contributed by atoms with Crippen molar-refractivity contribution in [2.24, 2.45) is 0 Å². The lowest BCUT2D eigenvalue weighted by atomic mass is 9.90. The van der Waals surface area contributed by atoms with Crippen LogP contribution in [-0.4, -0.2) is 40.9 Å². The average molecular weight is 571 g/mol. The molecule has 0 aliphatic carbocycles. The van der Waals surface area contributed by atoms with Crippen molar-refractivity contribution in [3.05, 3.63) is 107 Å². The first-order valence-corrected chi connectivity index (χ1v) is 15.5. The Morgan fingerprint density at radius 1 is 0.690 bits per heavy atom. The van der Waals surface area contributed by atoms with Gasteiger partial charge in [0.2, 0.25) is 0 Å². The van der Waals surface area contributed by atoms with Crippen LogP contribution in [0.2, 0.25) is 0 Å². The second-order valence-electron chi connectivity index (χ2n) is 11.0. The van der Waals surface area contributed by atoms with Crippen molar-refractivity contribution in [3.8, 4) is 0 Å². The Morgan fingerprint density at radius 3 is 1.69 bits per heavy atom. The van der Waals surface area contributed by atoms with Crippen molar-refractivity contribution in [2.75, 3.05) is 13.1 Å². The van der Waals surface area contributed by atoms with E-state index >= 15 is 0 Å². The fraction of sp³-hybridized carbons (Fsp3) is 0.417. The lowest BCUT2D eigenvalue weighted by Crippen LogP contribution is -2.39. The summed E-state index contributed by atoms with van der Waals surface area (Å²) in [5.74, 6) is -2.75. The highest BCUT2D eigenvalue weighted by molar-refractivity contribution is 6.31. The second-order valence-corrected chi connectivity index (χ2v) is 11.0. The van der Waals surface area contributed by atoms with Crippen LogP contribution < -0.4 is 5.32 Å². The van der Waals surface area contributed by atoms with E-state index in [2.05, 4.69) is 12.2 Å². The van der Waals surface area contributed by atoms with Crippen LogP contribution >= 0.6 is 0 Å². The van der Waals surface area contributed by atoms with Gasteiger partial charge >= 0.3 is 11.9 Å². The van der Waals surface area contributed by atoms with Gasteiger partial charge in [-0.25, -0.2) is 4.79 Å². The highest BCUT2D eigenvalue weighted by Gasteiger charge is 2.26. The number of hydrogen-bond acceptors (Lipinski definition) is 3. The number of amides is 2. The van der Waals surface area contributed by atoms with E-state index in [1.165, 1.54) is 56.3 Å². The molecule has 3 rings (SSSR count). The quantitative estimate of drug-likeness (QED) is 0.122. The third kappa shape index (κ3) is 11.2. The van der Waals surface area contributed by atoms with Gasteiger partial charge in [0, 0.05) is 31.1 Å². The van der Waals surface area contributed by atoms with Crippen LogP contribution in [0, 0.1) is 0 Å². The number of rotatable bonds is 18. The number of carboxylic acid groups (broad SMARTS) is 1. The van der Waals surface area contributed by atoms with Crippen LogP contribution in [0.1, 0.15) is 104 Å². The maximum atomic E-state index is 12.8. The molecule has 3 aromatic rings. The number of carboxylic acids is 1. The molecule has 0 atom stereocenters. The number of benzene rings is 3. The lowest BCUT2D eigenvalue weighted by Gasteiger charge is -2.27. The average Bonchev–Trinajstić information content (AvgIpc) is 3.02. The van der Waals surface area contributed by atoms with Crippen molar-refractivity contribution >= 4 is 17.8 Å². The SMILES string of the molecule is CCCCCCCCCCCCNC(=O)c1ccc(CN(CC(c2ccccc2)c2ccccc2)C(=O)C(=O)O)cc1. The Bertz CT molecular complexity index is 1170. The number of hydrogen-bond donors (Lipinski definition) is 2. The van der Waals surface area contributed by atoms with Crippen LogP contribution in [0.25, 0.3) is 0 Å². The smallest absolute Gasteiger partial charge is 0.394 e. The number of aliphatic carboxylic acids is 1. The number of nitrogens with one attached hydrogen (secondary N) is 1. The molecular formula is C36H46N2O4. The van der Waals surface area contributed by atoms with Crippen LogP contribution in [0.5, 0.6) is 0 Å². The monoisotopic (exact) mass is 570 g/mol. The highest BCUT2D eigenvalue weighted by Crippen LogP contribution is 2.26. The molecule has 0 aliphatic heterocycles. The predicted molar refractivity (Wildman–Crippen MR) is 168 cm³/mol. The minimum absolute atomic E-state index is 0.121. The standard InChI is InChI=1S/C36H46N2O4/c1-2-3-4-5-6-7-8-9-10-17-26-37-34(39)32-24-22-29(23-25-32)27-38(35(40)36(41)42)28-33(30-18-13-11-14-19-30)31-20-15-12-16-21-31/h11-16,18-25,33H,2-10,17,26-28H2,1H3,(H,37,39)(H,41,42). The van der Waals surface area contributed by atoms with Crippen molar-refractivity contribution in [2.45, 2.75) is 83.6 Å². The number of unbranched alkanes of at least 4 members (excludes halogenated alkanes) is 9. The van der Waals surface area contributed by atoms with Gasteiger partial charge in [-0.05, 0) is 35.2 Å². The number of carbonyl (C=O) groups is 3. The molecule has 3 aromatic carbocycles. The zero-order chi connectivity index (χ0) is 30.0. The Labute approximate surface area is 251 Å². The summed E-state index contributed by atoms with van der Waals surface area (Å²) < 4.78 is 0. The van der Waals surface area contributed by atoms with Gasteiger partial charge in [-0.1, -0.05) is 138 Å². The maximum Gasteiger partial charge on any atom is 0.394 e. The Morgan fingerprint density at radius 2 is 1.19 bits per heavy atom. The molecule has 0 bridgehead atoms. The van der Waals surface area contributed by atoms with E-state index in [-0.39, 0.29) is 24.9 Å². The summed E-state index contributed by atoms with van der Waals surface area (Å²) in [4.78, 5) is 38.5. The molecular weight excluding hydrogens is 524 g/mol. The summed E-state index contributed by atoms with van der Waals surface area (Å²) in [5.41, 5.74) is 3.31. The first-order chi connectivity index (χ1) is 20.5. The minimum atomic E-state index is -1.49. The van der Waals surface area contributed by atoms with Gasteiger partial charge in [0.1, 0.15) is 0 Å². The van der Waals surface area contributed by atoms with E-state index in [1.54, 1.807) is 24.3 Å². The molecule has 42 heavy (non-hydrogen) atoms. The van der Waals surface area contributed by atoms with Crippen LogP contribution in [0.15, 0.2) is 84.9 Å². The largest absolute Gasteiger partial charge is 0.474 e. The molecule has 2 N–H and O–H groups in total. The van der Waals surface area contributed by atoms with E-state index in [0.717, 1.165) is 29.5 Å². The van der Waals surface area contributed by atoms with Gasteiger partial charge in [0.15, 0.2) is 0 Å². The van der Waals surface area contributed by atoms with Crippen LogP contribution in [-0.2, 0) is 16.1 Å². The molecule has 0 spiro atoms. The molecule has 0 aliphatic rings. The summed E-state index contributed by atoms with van der Waals surface area (Å²) in [6.07, 6.45) is 12.5. The Balaban J connectivity index is 1.53. The van der Waals surface area contributed by atoms with E-state index < -0.39 is 11.9 Å². The molecule has 0 heterocycles. The first kappa shape index (κ1) is 32.6. The van der Waals surface area contributed by atoms with E-state index in [0.29, 0.717) is 12.1 Å². The Kier molecular flexibility index (Phi) is 14.3. The van der Waals surface area contributed by atoms with Gasteiger partial charge < -0.3 is 15.3 Å².